The number of benzene rings is 1. The number of rotatable bonds is 7. The molecule has 1 aliphatic rings. The zero-order valence-corrected chi connectivity index (χ0v) is 14.8. The van der Waals surface area contributed by atoms with Gasteiger partial charge >= 0.3 is 12.0 Å². The van der Waals surface area contributed by atoms with Crippen molar-refractivity contribution in [1.29, 1.82) is 0 Å². The predicted octanol–water partition coefficient (Wildman–Crippen LogP) is 2.19. The van der Waals surface area contributed by atoms with E-state index in [4.69, 9.17) is 9.47 Å². The highest BCUT2D eigenvalue weighted by molar-refractivity contribution is 5.95. The van der Waals surface area contributed by atoms with Crippen LogP contribution < -0.4 is 10.6 Å². The minimum atomic E-state index is -0.845. The van der Waals surface area contributed by atoms with Crippen LogP contribution in [0.25, 0.3) is 0 Å². The van der Waals surface area contributed by atoms with Crippen molar-refractivity contribution in [3.63, 3.8) is 0 Å². The van der Waals surface area contributed by atoms with E-state index in [-0.39, 0.29) is 30.6 Å². The summed E-state index contributed by atoms with van der Waals surface area (Å²) in [5, 5.41) is 16.1. The molecule has 0 bridgehead atoms. The summed E-state index contributed by atoms with van der Waals surface area (Å²) >= 11 is 0. The van der Waals surface area contributed by atoms with E-state index in [0.717, 1.165) is 0 Å². The maximum absolute atomic E-state index is 12.5. The van der Waals surface area contributed by atoms with Gasteiger partial charge in [-0.3, -0.25) is 10.1 Å². The number of nitro benzene ring substituents is 1. The van der Waals surface area contributed by atoms with Crippen molar-refractivity contribution < 1.29 is 24.0 Å². The second-order valence-corrected chi connectivity index (χ2v) is 5.98. The number of carbonyl (C=O) groups is 2. The molecule has 2 amide bonds. The number of non-ortho nitro benzene ring substituents is 1. The molecule has 0 spiro atoms. The number of esters is 1. The first-order valence-electron chi connectivity index (χ1n) is 8.11. The van der Waals surface area contributed by atoms with E-state index in [2.05, 4.69) is 10.6 Å². The van der Waals surface area contributed by atoms with Crippen molar-refractivity contribution in [2.24, 2.45) is 0 Å². The third-order valence-corrected chi connectivity index (χ3v) is 3.67. The summed E-state index contributed by atoms with van der Waals surface area (Å²) in [5.74, 6) is -0.626. The molecule has 1 aromatic carbocycles. The Balaban J connectivity index is 2.24. The Morgan fingerprint density at radius 2 is 2.08 bits per heavy atom. The van der Waals surface area contributed by atoms with Crippen LogP contribution in [0.1, 0.15) is 32.4 Å². The van der Waals surface area contributed by atoms with Gasteiger partial charge in [0, 0.05) is 17.8 Å². The summed E-state index contributed by atoms with van der Waals surface area (Å²) < 4.78 is 10.5. The van der Waals surface area contributed by atoms with Crippen molar-refractivity contribution in [1.82, 2.24) is 10.6 Å². The van der Waals surface area contributed by atoms with Crippen LogP contribution in [0.5, 0.6) is 0 Å². The van der Waals surface area contributed by atoms with Crippen molar-refractivity contribution in [3.05, 3.63) is 51.2 Å². The molecule has 26 heavy (non-hydrogen) atoms. The van der Waals surface area contributed by atoms with Gasteiger partial charge in [-0.15, -0.1) is 0 Å². The molecule has 0 fully saturated rings. The Bertz CT molecular complexity index is 744. The molecule has 2 rings (SSSR count). The molecule has 1 heterocycles. The van der Waals surface area contributed by atoms with Gasteiger partial charge in [-0.1, -0.05) is 12.1 Å². The SMILES string of the molecule is CC1=C(C(=O)OCCOC(C)C)[C@H](c2cccc([N+](=O)[O-])c2)NC(=O)N1. The first-order chi connectivity index (χ1) is 12.3. The number of ether oxygens (including phenoxy) is 2. The van der Waals surface area contributed by atoms with Gasteiger partial charge in [0.1, 0.15) is 6.61 Å². The molecule has 0 saturated carbocycles. The highest BCUT2D eigenvalue weighted by atomic mass is 16.6. The van der Waals surface area contributed by atoms with Crippen LogP contribution >= 0.6 is 0 Å². The van der Waals surface area contributed by atoms with Crippen LogP contribution in [0.15, 0.2) is 35.5 Å². The van der Waals surface area contributed by atoms with Crippen molar-refractivity contribution in [3.8, 4) is 0 Å². The molecule has 1 aromatic rings. The van der Waals surface area contributed by atoms with E-state index >= 15 is 0 Å². The fourth-order valence-corrected chi connectivity index (χ4v) is 2.53. The highest BCUT2D eigenvalue weighted by Gasteiger charge is 2.32. The maximum Gasteiger partial charge on any atom is 0.338 e. The van der Waals surface area contributed by atoms with E-state index in [1.807, 2.05) is 13.8 Å². The van der Waals surface area contributed by atoms with E-state index in [1.54, 1.807) is 13.0 Å². The van der Waals surface area contributed by atoms with Crippen LogP contribution in [-0.4, -0.2) is 36.2 Å². The van der Waals surface area contributed by atoms with Gasteiger partial charge in [-0.25, -0.2) is 9.59 Å². The van der Waals surface area contributed by atoms with Crippen LogP contribution in [0.4, 0.5) is 10.5 Å². The normalized spacial score (nSPS) is 16.9. The Morgan fingerprint density at radius 1 is 1.35 bits per heavy atom. The molecule has 0 aliphatic carbocycles. The van der Waals surface area contributed by atoms with E-state index < -0.39 is 23.0 Å². The first-order valence-corrected chi connectivity index (χ1v) is 8.11. The number of hydrogen-bond donors (Lipinski definition) is 2. The molecule has 0 aromatic heterocycles. The number of carbonyl (C=O) groups excluding carboxylic acids is 2. The molecule has 1 atom stereocenters. The Kier molecular flexibility index (Phi) is 6.29. The van der Waals surface area contributed by atoms with Crippen molar-refractivity contribution in [2.75, 3.05) is 13.2 Å². The van der Waals surface area contributed by atoms with Gasteiger partial charge in [0.2, 0.25) is 0 Å². The lowest BCUT2D eigenvalue weighted by atomic mass is 9.95. The second-order valence-electron chi connectivity index (χ2n) is 5.98. The number of nitrogens with one attached hydrogen (secondary N) is 2. The minimum absolute atomic E-state index is 0.0166. The Hall–Kier alpha value is -2.94. The van der Waals surface area contributed by atoms with Gasteiger partial charge < -0.3 is 20.1 Å². The summed E-state index contributed by atoms with van der Waals surface area (Å²) in [5.41, 5.74) is 0.805. The zero-order valence-electron chi connectivity index (χ0n) is 14.8. The third-order valence-electron chi connectivity index (χ3n) is 3.67. The topological polar surface area (TPSA) is 120 Å². The minimum Gasteiger partial charge on any atom is -0.460 e. The lowest BCUT2D eigenvalue weighted by molar-refractivity contribution is -0.384. The van der Waals surface area contributed by atoms with Crippen LogP contribution in [-0.2, 0) is 14.3 Å². The predicted molar refractivity (Wildman–Crippen MR) is 92.3 cm³/mol. The quantitative estimate of drug-likeness (QED) is 0.332. The molecular formula is C17H21N3O6. The lowest BCUT2D eigenvalue weighted by Gasteiger charge is -2.28. The van der Waals surface area contributed by atoms with Gasteiger partial charge in [0.25, 0.3) is 5.69 Å². The third kappa shape index (κ3) is 4.79. The Labute approximate surface area is 150 Å². The maximum atomic E-state index is 12.5. The second kappa shape index (κ2) is 8.43. The lowest BCUT2D eigenvalue weighted by Crippen LogP contribution is -2.45. The molecular weight excluding hydrogens is 342 g/mol. The smallest absolute Gasteiger partial charge is 0.338 e. The highest BCUT2D eigenvalue weighted by Crippen LogP contribution is 2.29. The molecule has 1 aliphatic heterocycles. The van der Waals surface area contributed by atoms with Crippen molar-refractivity contribution in [2.45, 2.75) is 32.9 Å². The summed E-state index contributed by atoms with van der Waals surface area (Å²) in [6, 6.07) is 4.41. The number of nitro groups is 1. The van der Waals surface area contributed by atoms with Crippen LogP contribution in [0, 0.1) is 10.1 Å². The summed E-state index contributed by atoms with van der Waals surface area (Å²) in [6.45, 7) is 5.62. The number of allylic oxidation sites excluding steroid dienone is 1. The number of hydrogen-bond acceptors (Lipinski definition) is 6. The van der Waals surface area contributed by atoms with Gasteiger partial charge in [0.05, 0.1) is 29.2 Å². The number of urea groups is 1. The fraction of sp³-hybridized carbons (Fsp3) is 0.412. The molecule has 9 nitrogen and oxygen atoms in total. The molecule has 2 N–H and O–H groups in total. The fourth-order valence-electron chi connectivity index (χ4n) is 2.53. The number of nitrogens with zero attached hydrogens (tertiary/aromatic N) is 1. The van der Waals surface area contributed by atoms with E-state index in [0.29, 0.717) is 11.3 Å². The summed E-state index contributed by atoms with van der Waals surface area (Å²) in [4.78, 5) is 34.8. The van der Waals surface area contributed by atoms with E-state index in [9.17, 15) is 19.7 Å². The molecule has 140 valence electrons. The van der Waals surface area contributed by atoms with Gasteiger partial charge in [0.15, 0.2) is 0 Å². The number of amides is 2. The van der Waals surface area contributed by atoms with Gasteiger partial charge in [-0.2, -0.15) is 0 Å². The first kappa shape index (κ1) is 19.4. The molecule has 0 saturated heterocycles. The molecule has 0 unspecified atom stereocenters. The summed E-state index contributed by atoms with van der Waals surface area (Å²) in [6.07, 6.45) is 0.0166. The van der Waals surface area contributed by atoms with Gasteiger partial charge in [-0.05, 0) is 26.3 Å². The molecule has 0 radical (unpaired) electrons. The largest absolute Gasteiger partial charge is 0.460 e. The average Bonchev–Trinajstić information content (AvgIpc) is 2.57. The Morgan fingerprint density at radius 3 is 2.73 bits per heavy atom. The summed E-state index contributed by atoms with van der Waals surface area (Å²) in [7, 11) is 0. The van der Waals surface area contributed by atoms with E-state index in [1.165, 1.54) is 18.2 Å². The zero-order chi connectivity index (χ0) is 19.3. The van der Waals surface area contributed by atoms with Crippen LogP contribution in [0.2, 0.25) is 0 Å². The monoisotopic (exact) mass is 363 g/mol. The molecule has 9 heteroatoms. The van der Waals surface area contributed by atoms with Crippen molar-refractivity contribution >= 4 is 17.7 Å². The van der Waals surface area contributed by atoms with Crippen LogP contribution in [0.3, 0.4) is 0 Å². The average molecular weight is 363 g/mol. The standard InChI is InChI=1S/C17H21N3O6/c1-10(2)25-7-8-26-16(21)14-11(3)18-17(22)19-15(14)12-5-4-6-13(9-12)20(23)24/h4-6,9-10,15H,7-8H2,1-3H3,(H2,18,19,22)/t15-/m0/s1.